The van der Waals surface area contributed by atoms with E-state index in [4.69, 9.17) is 0 Å². The fraction of sp³-hybridized carbons (Fsp3) is 0.727. The Morgan fingerprint density at radius 3 is 2.06 bits per heavy atom. The second-order valence-electron chi connectivity index (χ2n) is 4.15. The summed E-state index contributed by atoms with van der Waals surface area (Å²) in [5.41, 5.74) is 0. The average Bonchev–Trinajstić information content (AvgIpc) is 2.21. The van der Waals surface area contributed by atoms with Gasteiger partial charge in [0, 0.05) is 6.54 Å². The van der Waals surface area contributed by atoms with Crippen molar-refractivity contribution in [2.75, 3.05) is 6.54 Å². The van der Waals surface area contributed by atoms with Crippen LogP contribution in [-0.2, 0) is 14.4 Å². The molecular formula is C11H20N2O3. The fourth-order valence-electron chi connectivity index (χ4n) is 1.09. The molecular weight excluding hydrogens is 208 g/mol. The molecule has 0 aromatic heterocycles. The molecule has 0 saturated carbocycles. The zero-order valence-corrected chi connectivity index (χ0v) is 10.3. The standard InChI is InChI=1S/C11H20N2O3/c1-5-9(8(4)14)13-11(16)10(15)12-6-7(2)3/h7,9H,5-6H2,1-4H3,(H,12,15)(H,13,16)/t9-/m0/s1. The van der Waals surface area contributed by atoms with Gasteiger partial charge in [0.2, 0.25) is 0 Å². The lowest BCUT2D eigenvalue weighted by molar-refractivity contribution is -0.140. The molecule has 0 radical (unpaired) electrons. The van der Waals surface area contributed by atoms with Crippen LogP contribution < -0.4 is 10.6 Å². The van der Waals surface area contributed by atoms with Crippen LogP contribution in [-0.4, -0.2) is 30.2 Å². The van der Waals surface area contributed by atoms with Gasteiger partial charge in [0.15, 0.2) is 5.78 Å². The molecule has 0 bridgehead atoms. The van der Waals surface area contributed by atoms with Gasteiger partial charge in [0.1, 0.15) is 0 Å². The molecule has 0 aliphatic carbocycles. The van der Waals surface area contributed by atoms with Gasteiger partial charge in [-0.25, -0.2) is 0 Å². The van der Waals surface area contributed by atoms with Crippen molar-refractivity contribution in [3.05, 3.63) is 0 Å². The van der Waals surface area contributed by atoms with E-state index in [1.165, 1.54) is 6.92 Å². The number of carbonyl (C=O) groups is 3. The quantitative estimate of drug-likeness (QED) is 0.662. The molecule has 5 heteroatoms. The number of Topliss-reactive ketones (excluding diaryl/α,β-unsaturated/α-hetero) is 1. The van der Waals surface area contributed by atoms with Crippen molar-refractivity contribution in [3.63, 3.8) is 0 Å². The lowest BCUT2D eigenvalue weighted by atomic mass is 10.1. The van der Waals surface area contributed by atoms with E-state index < -0.39 is 17.9 Å². The van der Waals surface area contributed by atoms with Gasteiger partial charge in [-0.1, -0.05) is 20.8 Å². The van der Waals surface area contributed by atoms with Gasteiger partial charge in [-0.15, -0.1) is 0 Å². The SMILES string of the molecule is CC[C@H](NC(=O)C(=O)NCC(C)C)C(C)=O. The second kappa shape index (κ2) is 6.98. The molecule has 0 unspecified atom stereocenters. The van der Waals surface area contributed by atoms with E-state index in [9.17, 15) is 14.4 Å². The Bertz CT molecular complexity index is 274. The second-order valence-corrected chi connectivity index (χ2v) is 4.15. The van der Waals surface area contributed by atoms with E-state index in [-0.39, 0.29) is 11.7 Å². The van der Waals surface area contributed by atoms with Gasteiger partial charge < -0.3 is 10.6 Å². The summed E-state index contributed by atoms with van der Waals surface area (Å²) in [6, 6.07) is -0.572. The first-order valence-corrected chi connectivity index (χ1v) is 5.47. The van der Waals surface area contributed by atoms with Gasteiger partial charge in [-0.05, 0) is 19.3 Å². The number of amides is 2. The van der Waals surface area contributed by atoms with Crippen molar-refractivity contribution in [1.82, 2.24) is 10.6 Å². The highest BCUT2D eigenvalue weighted by molar-refractivity contribution is 6.35. The Labute approximate surface area is 96.0 Å². The van der Waals surface area contributed by atoms with Crippen LogP contribution in [0.1, 0.15) is 34.1 Å². The minimum Gasteiger partial charge on any atom is -0.348 e. The molecule has 0 rings (SSSR count). The highest BCUT2D eigenvalue weighted by Gasteiger charge is 2.19. The Morgan fingerprint density at radius 1 is 1.12 bits per heavy atom. The Balaban J connectivity index is 4.14. The van der Waals surface area contributed by atoms with Crippen molar-refractivity contribution in [2.24, 2.45) is 5.92 Å². The van der Waals surface area contributed by atoms with Crippen LogP contribution >= 0.6 is 0 Å². The summed E-state index contributed by atoms with van der Waals surface area (Å²) in [5.74, 6) is -1.30. The highest BCUT2D eigenvalue weighted by Crippen LogP contribution is 1.92. The topological polar surface area (TPSA) is 75.3 Å². The van der Waals surface area contributed by atoms with Crippen LogP contribution in [0, 0.1) is 5.92 Å². The molecule has 92 valence electrons. The summed E-state index contributed by atoms with van der Waals surface area (Å²) in [7, 11) is 0. The van der Waals surface area contributed by atoms with Gasteiger partial charge in [0.05, 0.1) is 6.04 Å². The Morgan fingerprint density at radius 2 is 1.69 bits per heavy atom. The van der Waals surface area contributed by atoms with Crippen LogP contribution in [0.5, 0.6) is 0 Å². The Kier molecular flexibility index (Phi) is 6.37. The van der Waals surface area contributed by atoms with Crippen LogP contribution in [0.4, 0.5) is 0 Å². The fourth-order valence-corrected chi connectivity index (χ4v) is 1.09. The number of carbonyl (C=O) groups excluding carboxylic acids is 3. The Hall–Kier alpha value is -1.39. The predicted octanol–water partition coefficient (Wildman–Crippen LogP) is 0.242. The maximum absolute atomic E-state index is 11.4. The van der Waals surface area contributed by atoms with Gasteiger partial charge in [0.25, 0.3) is 0 Å². The summed E-state index contributed by atoms with van der Waals surface area (Å²) >= 11 is 0. The molecule has 0 aromatic carbocycles. The molecule has 2 amide bonds. The number of hydrogen-bond acceptors (Lipinski definition) is 3. The molecule has 0 heterocycles. The van der Waals surface area contributed by atoms with Crippen molar-refractivity contribution < 1.29 is 14.4 Å². The van der Waals surface area contributed by atoms with Crippen LogP contribution in [0.15, 0.2) is 0 Å². The van der Waals surface area contributed by atoms with Gasteiger partial charge in [-0.3, -0.25) is 14.4 Å². The summed E-state index contributed by atoms with van der Waals surface area (Å²) in [6.07, 6.45) is 0.485. The third-order valence-corrected chi connectivity index (χ3v) is 2.08. The number of rotatable bonds is 5. The van der Waals surface area contributed by atoms with Gasteiger partial charge >= 0.3 is 11.8 Å². The third kappa shape index (κ3) is 5.48. The minimum absolute atomic E-state index is 0.146. The van der Waals surface area contributed by atoms with Crippen molar-refractivity contribution in [3.8, 4) is 0 Å². The monoisotopic (exact) mass is 228 g/mol. The molecule has 1 atom stereocenters. The van der Waals surface area contributed by atoms with Crippen LogP contribution in [0.25, 0.3) is 0 Å². The van der Waals surface area contributed by atoms with E-state index >= 15 is 0 Å². The zero-order valence-electron chi connectivity index (χ0n) is 10.3. The number of hydrogen-bond donors (Lipinski definition) is 2. The lowest BCUT2D eigenvalue weighted by Gasteiger charge is -2.13. The van der Waals surface area contributed by atoms with Crippen molar-refractivity contribution in [2.45, 2.75) is 40.2 Å². The zero-order chi connectivity index (χ0) is 12.7. The maximum Gasteiger partial charge on any atom is 0.309 e. The van der Waals surface area contributed by atoms with E-state index in [1.54, 1.807) is 6.92 Å². The first kappa shape index (κ1) is 14.6. The van der Waals surface area contributed by atoms with Crippen LogP contribution in [0.3, 0.4) is 0 Å². The van der Waals surface area contributed by atoms with Crippen LogP contribution in [0.2, 0.25) is 0 Å². The predicted molar refractivity (Wildman–Crippen MR) is 60.8 cm³/mol. The largest absolute Gasteiger partial charge is 0.348 e. The molecule has 0 aliphatic rings. The minimum atomic E-state index is -0.747. The summed E-state index contributed by atoms with van der Waals surface area (Å²) < 4.78 is 0. The summed E-state index contributed by atoms with van der Waals surface area (Å²) in [5, 5.41) is 4.88. The molecule has 5 nitrogen and oxygen atoms in total. The molecule has 0 saturated heterocycles. The van der Waals surface area contributed by atoms with Crippen molar-refractivity contribution in [1.29, 1.82) is 0 Å². The molecule has 16 heavy (non-hydrogen) atoms. The molecule has 0 aromatic rings. The molecule has 0 spiro atoms. The first-order valence-electron chi connectivity index (χ1n) is 5.47. The summed E-state index contributed by atoms with van der Waals surface area (Å²) in [4.78, 5) is 33.7. The van der Waals surface area contributed by atoms with E-state index in [1.807, 2.05) is 13.8 Å². The smallest absolute Gasteiger partial charge is 0.309 e. The normalized spacial score (nSPS) is 12.1. The average molecular weight is 228 g/mol. The van der Waals surface area contributed by atoms with Crippen molar-refractivity contribution >= 4 is 17.6 Å². The van der Waals surface area contributed by atoms with E-state index in [2.05, 4.69) is 10.6 Å². The molecule has 0 aliphatic heterocycles. The first-order chi connectivity index (χ1) is 7.38. The number of nitrogens with one attached hydrogen (secondary N) is 2. The lowest BCUT2D eigenvalue weighted by Crippen LogP contribution is -2.47. The molecule has 0 fully saturated rings. The third-order valence-electron chi connectivity index (χ3n) is 2.08. The number of ketones is 1. The molecule has 2 N–H and O–H groups in total. The van der Waals surface area contributed by atoms with E-state index in [0.29, 0.717) is 13.0 Å². The highest BCUT2D eigenvalue weighted by atomic mass is 16.2. The van der Waals surface area contributed by atoms with Gasteiger partial charge in [-0.2, -0.15) is 0 Å². The summed E-state index contributed by atoms with van der Waals surface area (Å²) in [6.45, 7) is 7.48. The maximum atomic E-state index is 11.4. The van der Waals surface area contributed by atoms with E-state index in [0.717, 1.165) is 0 Å².